The molecule has 0 bridgehead atoms. The highest BCUT2D eigenvalue weighted by Gasteiger charge is 2.34. The van der Waals surface area contributed by atoms with Crippen molar-refractivity contribution in [3.63, 3.8) is 0 Å². The summed E-state index contributed by atoms with van der Waals surface area (Å²) in [7, 11) is 0. The van der Waals surface area contributed by atoms with Gasteiger partial charge in [-0.05, 0) is 24.8 Å². The van der Waals surface area contributed by atoms with Crippen molar-refractivity contribution in [3.8, 4) is 0 Å². The molecular weight excluding hydrogens is 198 g/mol. The third-order valence-electron chi connectivity index (χ3n) is 3.31. The standard InChI is InChI=1S/C14H17NO/c1-14(8-7-12(15)9-13(14)16)10-11-5-3-2-4-6-11/h2-6,9H,7-8,10,15H2,1H3. The summed E-state index contributed by atoms with van der Waals surface area (Å²) in [6.45, 7) is 2.03. The first-order valence-electron chi connectivity index (χ1n) is 5.65. The minimum absolute atomic E-state index is 0.167. The second-order valence-electron chi connectivity index (χ2n) is 4.81. The van der Waals surface area contributed by atoms with Crippen LogP contribution >= 0.6 is 0 Å². The second-order valence-corrected chi connectivity index (χ2v) is 4.81. The molecule has 2 nitrogen and oxygen atoms in total. The van der Waals surface area contributed by atoms with Crippen LogP contribution in [0.3, 0.4) is 0 Å². The van der Waals surface area contributed by atoms with Crippen LogP contribution in [0, 0.1) is 5.41 Å². The van der Waals surface area contributed by atoms with Crippen LogP contribution in [-0.2, 0) is 11.2 Å². The molecule has 2 rings (SSSR count). The Morgan fingerprint density at radius 3 is 2.62 bits per heavy atom. The molecule has 0 amide bonds. The lowest BCUT2D eigenvalue weighted by molar-refractivity contribution is -0.123. The highest BCUT2D eigenvalue weighted by atomic mass is 16.1. The molecule has 0 heterocycles. The predicted molar refractivity (Wildman–Crippen MR) is 64.8 cm³/mol. The third kappa shape index (κ3) is 2.16. The van der Waals surface area contributed by atoms with Gasteiger partial charge in [-0.3, -0.25) is 4.79 Å². The average molecular weight is 215 g/mol. The predicted octanol–water partition coefficient (Wildman–Crippen LogP) is 2.44. The van der Waals surface area contributed by atoms with E-state index in [9.17, 15) is 4.79 Å². The summed E-state index contributed by atoms with van der Waals surface area (Å²) in [6.07, 6.45) is 4.08. The Balaban J connectivity index is 2.18. The van der Waals surface area contributed by atoms with E-state index in [1.165, 1.54) is 5.56 Å². The topological polar surface area (TPSA) is 43.1 Å². The normalized spacial score (nSPS) is 25.3. The monoisotopic (exact) mass is 215 g/mol. The van der Waals surface area contributed by atoms with Gasteiger partial charge in [0, 0.05) is 17.2 Å². The van der Waals surface area contributed by atoms with Gasteiger partial charge in [0.15, 0.2) is 5.78 Å². The summed E-state index contributed by atoms with van der Waals surface area (Å²) in [5.74, 6) is 0.167. The van der Waals surface area contributed by atoms with Crippen LogP contribution in [0.5, 0.6) is 0 Å². The molecule has 1 aliphatic rings. The first-order chi connectivity index (χ1) is 7.60. The Hall–Kier alpha value is -1.57. The summed E-state index contributed by atoms with van der Waals surface area (Å²) in [4.78, 5) is 12.0. The van der Waals surface area contributed by atoms with Crippen molar-refractivity contribution in [3.05, 3.63) is 47.7 Å². The van der Waals surface area contributed by atoms with E-state index in [1.807, 2.05) is 25.1 Å². The number of hydrogen-bond donors (Lipinski definition) is 1. The molecule has 0 fully saturated rings. The minimum atomic E-state index is -0.274. The van der Waals surface area contributed by atoms with Gasteiger partial charge in [-0.1, -0.05) is 37.3 Å². The zero-order valence-corrected chi connectivity index (χ0v) is 9.57. The quantitative estimate of drug-likeness (QED) is 0.823. The molecule has 0 saturated carbocycles. The Kier molecular flexibility index (Phi) is 2.82. The molecule has 0 aliphatic heterocycles. The van der Waals surface area contributed by atoms with E-state index in [0.29, 0.717) is 0 Å². The van der Waals surface area contributed by atoms with Gasteiger partial charge in [0.25, 0.3) is 0 Å². The van der Waals surface area contributed by atoms with Crippen molar-refractivity contribution in [2.24, 2.45) is 11.1 Å². The van der Waals surface area contributed by atoms with Crippen LogP contribution in [0.1, 0.15) is 25.3 Å². The van der Waals surface area contributed by atoms with E-state index < -0.39 is 0 Å². The SMILES string of the molecule is CC1(Cc2ccccc2)CCC(N)=CC1=O. The van der Waals surface area contributed by atoms with Gasteiger partial charge in [0.2, 0.25) is 0 Å². The van der Waals surface area contributed by atoms with Crippen molar-refractivity contribution in [2.45, 2.75) is 26.2 Å². The van der Waals surface area contributed by atoms with Gasteiger partial charge < -0.3 is 5.73 Å². The number of allylic oxidation sites excluding steroid dienone is 2. The molecule has 1 atom stereocenters. The number of nitrogens with two attached hydrogens (primary N) is 1. The molecule has 1 aromatic carbocycles. The minimum Gasteiger partial charge on any atom is -0.402 e. The summed E-state index contributed by atoms with van der Waals surface area (Å²) in [5, 5.41) is 0. The van der Waals surface area contributed by atoms with Crippen molar-refractivity contribution < 1.29 is 4.79 Å². The summed E-state index contributed by atoms with van der Waals surface area (Å²) < 4.78 is 0. The summed E-state index contributed by atoms with van der Waals surface area (Å²) >= 11 is 0. The Bertz CT molecular complexity index is 422. The largest absolute Gasteiger partial charge is 0.402 e. The molecule has 1 aliphatic carbocycles. The van der Waals surface area contributed by atoms with E-state index in [2.05, 4.69) is 12.1 Å². The lowest BCUT2D eigenvalue weighted by atomic mass is 9.73. The molecule has 84 valence electrons. The van der Waals surface area contributed by atoms with Crippen LogP contribution in [0.25, 0.3) is 0 Å². The number of carbonyl (C=O) groups is 1. The zero-order valence-electron chi connectivity index (χ0n) is 9.57. The third-order valence-corrected chi connectivity index (χ3v) is 3.31. The number of rotatable bonds is 2. The molecule has 1 aromatic rings. The Morgan fingerprint density at radius 1 is 1.31 bits per heavy atom. The fourth-order valence-corrected chi connectivity index (χ4v) is 2.18. The fourth-order valence-electron chi connectivity index (χ4n) is 2.18. The van der Waals surface area contributed by atoms with Gasteiger partial charge >= 0.3 is 0 Å². The second kappa shape index (κ2) is 4.12. The maximum absolute atomic E-state index is 12.0. The zero-order chi connectivity index (χ0) is 11.6. The fraction of sp³-hybridized carbons (Fsp3) is 0.357. The van der Waals surface area contributed by atoms with Crippen LogP contribution in [-0.4, -0.2) is 5.78 Å². The Labute approximate surface area is 96.2 Å². The lowest BCUT2D eigenvalue weighted by Gasteiger charge is -2.30. The molecule has 2 N–H and O–H groups in total. The summed E-state index contributed by atoms with van der Waals surface area (Å²) in [5.41, 5.74) is 7.34. The first-order valence-corrected chi connectivity index (χ1v) is 5.65. The molecule has 2 heteroatoms. The van der Waals surface area contributed by atoms with E-state index in [-0.39, 0.29) is 11.2 Å². The molecule has 16 heavy (non-hydrogen) atoms. The molecular formula is C14H17NO. The van der Waals surface area contributed by atoms with Crippen LogP contribution < -0.4 is 5.73 Å². The smallest absolute Gasteiger partial charge is 0.163 e. The van der Waals surface area contributed by atoms with E-state index in [0.717, 1.165) is 25.0 Å². The highest BCUT2D eigenvalue weighted by molar-refractivity contribution is 5.96. The van der Waals surface area contributed by atoms with Crippen LogP contribution in [0.15, 0.2) is 42.1 Å². The lowest BCUT2D eigenvalue weighted by Crippen LogP contribution is -2.33. The highest BCUT2D eigenvalue weighted by Crippen LogP contribution is 2.34. The maximum atomic E-state index is 12.0. The number of carbonyl (C=O) groups excluding carboxylic acids is 1. The molecule has 0 aromatic heterocycles. The van der Waals surface area contributed by atoms with Crippen molar-refractivity contribution in [2.75, 3.05) is 0 Å². The van der Waals surface area contributed by atoms with E-state index in [4.69, 9.17) is 5.73 Å². The number of hydrogen-bond acceptors (Lipinski definition) is 2. The van der Waals surface area contributed by atoms with E-state index in [1.54, 1.807) is 6.08 Å². The molecule has 0 radical (unpaired) electrons. The van der Waals surface area contributed by atoms with Gasteiger partial charge in [0.1, 0.15) is 0 Å². The number of benzene rings is 1. The molecule has 1 unspecified atom stereocenters. The van der Waals surface area contributed by atoms with Crippen LogP contribution in [0.2, 0.25) is 0 Å². The van der Waals surface area contributed by atoms with Crippen LogP contribution in [0.4, 0.5) is 0 Å². The molecule has 0 saturated heterocycles. The van der Waals surface area contributed by atoms with Gasteiger partial charge in [-0.25, -0.2) is 0 Å². The van der Waals surface area contributed by atoms with Gasteiger partial charge in [0.05, 0.1) is 0 Å². The number of ketones is 1. The van der Waals surface area contributed by atoms with Crippen molar-refractivity contribution in [1.29, 1.82) is 0 Å². The van der Waals surface area contributed by atoms with Gasteiger partial charge in [-0.2, -0.15) is 0 Å². The van der Waals surface area contributed by atoms with Gasteiger partial charge in [-0.15, -0.1) is 0 Å². The van der Waals surface area contributed by atoms with Crippen molar-refractivity contribution >= 4 is 5.78 Å². The Morgan fingerprint density at radius 2 is 2.00 bits per heavy atom. The average Bonchev–Trinajstić information content (AvgIpc) is 2.26. The van der Waals surface area contributed by atoms with Crippen molar-refractivity contribution in [1.82, 2.24) is 0 Å². The maximum Gasteiger partial charge on any atom is 0.163 e. The van der Waals surface area contributed by atoms with E-state index >= 15 is 0 Å². The first kappa shape index (κ1) is 10.9. The molecule has 0 spiro atoms. The summed E-state index contributed by atoms with van der Waals surface area (Å²) in [6, 6.07) is 10.2.